The molecule has 0 radical (unpaired) electrons. The first-order valence-corrected chi connectivity index (χ1v) is 6.50. The summed E-state index contributed by atoms with van der Waals surface area (Å²) in [5, 5.41) is 3.03. The maximum atomic E-state index is 12.9. The number of hydrogen-bond acceptors (Lipinski definition) is 2. The molecule has 0 bridgehead atoms. The average Bonchev–Trinajstić information content (AvgIpc) is 2.47. The van der Waals surface area contributed by atoms with Gasteiger partial charge in [0.25, 0.3) is 0 Å². The maximum Gasteiger partial charge on any atom is 0.416 e. The van der Waals surface area contributed by atoms with Gasteiger partial charge < -0.3 is 10.1 Å². The molecule has 0 amide bonds. The number of halogens is 3. The Morgan fingerprint density at radius 1 is 0.905 bits per heavy atom. The lowest BCUT2D eigenvalue weighted by Crippen LogP contribution is -2.17. The van der Waals surface area contributed by atoms with Gasteiger partial charge in [0.1, 0.15) is 5.75 Å². The van der Waals surface area contributed by atoms with Gasteiger partial charge in [0, 0.05) is 18.7 Å². The zero-order chi connectivity index (χ0) is 15.3. The van der Waals surface area contributed by atoms with E-state index in [9.17, 15) is 13.2 Å². The van der Waals surface area contributed by atoms with E-state index < -0.39 is 11.7 Å². The molecule has 0 fully saturated rings. The van der Waals surface area contributed by atoms with Crippen molar-refractivity contribution in [3.05, 3.63) is 65.2 Å². The van der Waals surface area contributed by atoms with E-state index in [2.05, 4.69) is 5.32 Å². The second-order valence-corrected chi connectivity index (χ2v) is 4.57. The average molecular weight is 295 g/mol. The summed E-state index contributed by atoms with van der Waals surface area (Å²) in [6.07, 6.45) is -4.33. The predicted molar refractivity (Wildman–Crippen MR) is 75.0 cm³/mol. The first-order valence-electron chi connectivity index (χ1n) is 6.50. The van der Waals surface area contributed by atoms with Gasteiger partial charge in [-0.1, -0.05) is 36.4 Å². The standard InChI is InChI=1S/C16H16F3NO/c1-21-15-9-5-3-7-13(15)11-20-10-12-6-2-4-8-14(12)16(17,18)19/h2-9,20H,10-11H2,1H3. The van der Waals surface area contributed by atoms with Crippen LogP contribution in [0.2, 0.25) is 0 Å². The molecule has 112 valence electrons. The monoisotopic (exact) mass is 295 g/mol. The van der Waals surface area contributed by atoms with Gasteiger partial charge in [-0.3, -0.25) is 0 Å². The van der Waals surface area contributed by atoms with Crippen LogP contribution in [0.4, 0.5) is 13.2 Å². The predicted octanol–water partition coefficient (Wildman–Crippen LogP) is 4.00. The fourth-order valence-electron chi connectivity index (χ4n) is 2.13. The summed E-state index contributed by atoms with van der Waals surface area (Å²) in [6, 6.07) is 13.0. The van der Waals surface area contributed by atoms with Crippen LogP contribution in [0.5, 0.6) is 5.75 Å². The zero-order valence-electron chi connectivity index (χ0n) is 11.6. The minimum absolute atomic E-state index is 0.147. The maximum absolute atomic E-state index is 12.9. The molecule has 0 unspecified atom stereocenters. The van der Waals surface area contributed by atoms with Gasteiger partial charge in [-0.25, -0.2) is 0 Å². The highest BCUT2D eigenvalue weighted by Crippen LogP contribution is 2.31. The van der Waals surface area contributed by atoms with Crippen LogP contribution in [0.25, 0.3) is 0 Å². The summed E-state index contributed by atoms with van der Waals surface area (Å²) in [6.45, 7) is 0.587. The Morgan fingerprint density at radius 2 is 1.48 bits per heavy atom. The molecule has 21 heavy (non-hydrogen) atoms. The number of rotatable bonds is 5. The van der Waals surface area contributed by atoms with Crippen molar-refractivity contribution >= 4 is 0 Å². The number of alkyl halides is 3. The molecule has 0 aromatic heterocycles. The highest BCUT2D eigenvalue weighted by atomic mass is 19.4. The van der Waals surface area contributed by atoms with Gasteiger partial charge >= 0.3 is 6.18 Å². The van der Waals surface area contributed by atoms with Crippen molar-refractivity contribution in [1.29, 1.82) is 0 Å². The molecule has 2 nitrogen and oxygen atoms in total. The number of ether oxygens (including phenoxy) is 1. The molecular formula is C16H16F3NO. The number of para-hydroxylation sites is 1. The highest BCUT2D eigenvalue weighted by molar-refractivity contribution is 5.33. The molecule has 5 heteroatoms. The zero-order valence-corrected chi connectivity index (χ0v) is 11.6. The Labute approximate surface area is 121 Å². The molecule has 0 saturated heterocycles. The van der Waals surface area contributed by atoms with E-state index in [0.717, 1.165) is 11.6 Å². The van der Waals surface area contributed by atoms with Gasteiger partial charge in [0.2, 0.25) is 0 Å². The van der Waals surface area contributed by atoms with Crippen molar-refractivity contribution in [1.82, 2.24) is 5.32 Å². The second kappa shape index (κ2) is 6.63. The molecule has 0 aliphatic heterocycles. The first-order chi connectivity index (χ1) is 10.0. The van der Waals surface area contributed by atoms with Crippen molar-refractivity contribution in [2.24, 2.45) is 0 Å². The third-order valence-corrected chi connectivity index (χ3v) is 3.15. The Balaban J connectivity index is 2.04. The SMILES string of the molecule is COc1ccccc1CNCc1ccccc1C(F)(F)F. The van der Waals surface area contributed by atoms with Gasteiger partial charge in [0.05, 0.1) is 12.7 Å². The lowest BCUT2D eigenvalue weighted by molar-refractivity contribution is -0.138. The Hall–Kier alpha value is -2.01. The smallest absolute Gasteiger partial charge is 0.416 e. The van der Waals surface area contributed by atoms with Crippen molar-refractivity contribution in [3.63, 3.8) is 0 Å². The van der Waals surface area contributed by atoms with Crippen LogP contribution < -0.4 is 10.1 Å². The van der Waals surface area contributed by atoms with E-state index in [-0.39, 0.29) is 12.1 Å². The molecule has 1 N–H and O–H groups in total. The van der Waals surface area contributed by atoms with Crippen LogP contribution >= 0.6 is 0 Å². The molecule has 2 aromatic rings. The molecule has 0 atom stereocenters. The van der Waals surface area contributed by atoms with Gasteiger partial charge in [-0.05, 0) is 17.7 Å². The number of hydrogen-bond donors (Lipinski definition) is 1. The van der Waals surface area contributed by atoms with Crippen LogP contribution in [-0.2, 0) is 19.3 Å². The fraction of sp³-hybridized carbons (Fsp3) is 0.250. The van der Waals surface area contributed by atoms with E-state index in [0.29, 0.717) is 12.3 Å². The normalized spacial score (nSPS) is 11.4. The first kappa shape index (κ1) is 15.4. The van der Waals surface area contributed by atoms with Crippen LogP contribution in [0.15, 0.2) is 48.5 Å². The number of nitrogens with one attached hydrogen (secondary N) is 1. The number of benzene rings is 2. The van der Waals surface area contributed by atoms with Gasteiger partial charge in [-0.15, -0.1) is 0 Å². The van der Waals surface area contributed by atoms with Crippen LogP contribution in [-0.4, -0.2) is 7.11 Å². The van der Waals surface area contributed by atoms with Crippen molar-refractivity contribution in [2.45, 2.75) is 19.3 Å². The van der Waals surface area contributed by atoms with Crippen LogP contribution in [0, 0.1) is 0 Å². The van der Waals surface area contributed by atoms with Crippen molar-refractivity contribution in [3.8, 4) is 5.75 Å². The van der Waals surface area contributed by atoms with Crippen LogP contribution in [0.3, 0.4) is 0 Å². The number of methoxy groups -OCH3 is 1. The molecule has 0 aliphatic carbocycles. The molecule has 0 aliphatic rings. The molecule has 2 rings (SSSR count). The molecule has 0 spiro atoms. The second-order valence-electron chi connectivity index (χ2n) is 4.57. The summed E-state index contributed by atoms with van der Waals surface area (Å²) >= 11 is 0. The van der Waals surface area contributed by atoms with E-state index in [1.807, 2.05) is 24.3 Å². The molecule has 2 aromatic carbocycles. The minimum Gasteiger partial charge on any atom is -0.496 e. The lowest BCUT2D eigenvalue weighted by atomic mass is 10.1. The van der Waals surface area contributed by atoms with Crippen LogP contribution in [0.1, 0.15) is 16.7 Å². The lowest BCUT2D eigenvalue weighted by Gasteiger charge is -2.14. The fourth-order valence-corrected chi connectivity index (χ4v) is 2.13. The Kier molecular flexibility index (Phi) is 4.85. The Bertz CT molecular complexity index is 596. The topological polar surface area (TPSA) is 21.3 Å². The van der Waals surface area contributed by atoms with Gasteiger partial charge in [-0.2, -0.15) is 13.2 Å². The third kappa shape index (κ3) is 3.98. The van der Waals surface area contributed by atoms with Crippen molar-refractivity contribution < 1.29 is 17.9 Å². The molecule has 0 saturated carbocycles. The summed E-state index contributed by atoms with van der Waals surface area (Å²) in [7, 11) is 1.57. The van der Waals surface area contributed by atoms with E-state index in [1.165, 1.54) is 12.1 Å². The van der Waals surface area contributed by atoms with Gasteiger partial charge in [0.15, 0.2) is 0 Å². The summed E-state index contributed by atoms with van der Waals surface area (Å²) in [4.78, 5) is 0. The molecular weight excluding hydrogens is 279 g/mol. The quantitative estimate of drug-likeness (QED) is 0.900. The third-order valence-electron chi connectivity index (χ3n) is 3.15. The van der Waals surface area contributed by atoms with Crippen molar-refractivity contribution in [2.75, 3.05) is 7.11 Å². The largest absolute Gasteiger partial charge is 0.496 e. The summed E-state index contributed by atoms with van der Waals surface area (Å²) < 4.78 is 43.8. The summed E-state index contributed by atoms with van der Waals surface area (Å²) in [5.74, 6) is 0.717. The highest BCUT2D eigenvalue weighted by Gasteiger charge is 2.32. The summed E-state index contributed by atoms with van der Waals surface area (Å²) in [5.41, 5.74) is 0.543. The minimum atomic E-state index is -4.33. The molecule has 0 heterocycles. The Morgan fingerprint density at radius 3 is 2.14 bits per heavy atom. The van der Waals surface area contributed by atoms with E-state index in [4.69, 9.17) is 4.74 Å². The van der Waals surface area contributed by atoms with E-state index in [1.54, 1.807) is 13.2 Å². The van der Waals surface area contributed by atoms with E-state index >= 15 is 0 Å².